The number of amides is 3. The molecule has 1 aromatic rings. The molecule has 24 heavy (non-hydrogen) atoms. The lowest BCUT2D eigenvalue weighted by molar-refractivity contribution is 0.0744. The van der Waals surface area contributed by atoms with Gasteiger partial charge in [-0.15, -0.1) is 12.4 Å². The van der Waals surface area contributed by atoms with Gasteiger partial charge in [0.1, 0.15) is 0 Å². The summed E-state index contributed by atoms with van der Waals surface area (Å²) in [4.78, 5) is 28.2. The summed E-state index contributed by atoms with van der Waals surface area (Å²) < 4.78 is 0. The molecule has 1 fully saturated rings. The number of hydrogen-bond acceptors (Lipinski definition) is 3. The van der Waals surface area contributed by atoms with E-state index in [-0.39, 0.29) is 30.4 Å². The number of hydrogen-bond donors (Lipinski definition) is 2. The molecule has 1 aromatic carbocycles. The van der Waals surface area contributed by atoms with Gasteiger partial charge < -0.3 is 20.9 Å². The van der Waals surface area contributed by atoms with Crippen LogP contribution in [0, 0.1) is 12.8 Å². The summed E-state index contributed by atoms with van der Waals surface area (Å²) in [5.41, 5.74) is 7.81. The number of nitrogens with zero attached hydrogens (tertiary/aromatic N) is 2. The van der Waals surface area contributed by atoms with Gasteiger partial charge in [-0.2, -0.15) is 0 Å². The minimum absolute atomic E-state index is 0. The molecule has 6 nitrogen and oxygen atoms in total. The Morgan fingerprint density at radius 3 is 2.58 bits per heavy atom. The molecule has 2 unspecified atom stereocenters. The van der Waals surface area contributed by atoms with E-state index in [1.54, 1.807) is 20.2 Å². The van der Waals surface area contributed by atoms with E-state index < -0.39 is 0 Å². The summed E-state index contributed by atoms with van der Waals surface area (Å²) >= 11 is 0. The molecule has 7 heteroatoms. The van der Waals surface area contributed by atoms with Crippen molar-refractivity contribution >= 4 is 30.0 Å². The number of aryl methyl sites for hydroxylation is 1. The largest absolute Gasteiger partial charge is 0.336 e. The van der Waals surface area contributed by atoms with Gasteiger partial charge in [0.15, 0.2) is 0 Å². The van der Waals surface area contributed by atoms with Crippen LogP contribution in [0.3, 0.4) is 0 Å². The molecule has 0 radical (unpaired) electrons. The molecule has 0 bridgehead atoms. The monoisotopic (exact) mass is 354 g/mol. The highest BCUT2D eigenvalue weighted by Gasteiger charge is 2.33. The number of anilines is 1. The number of halogens is 1. The van der Waals surface area contributed by atoms with Gasteiger partial charge in [0.25, 0.3) is 5.91 Å². The molecule has 0 saturated carbocycles. The molecule has 134 valence electrons. The van der Waals surface area contributed by atoms with E-state index in [0.717, 1.165) is 12.0 Å². The first-order valence-corrected chi connectivity index (χ1v) is 7.93. The summed E-state index contributed by atoms with van der Waals surface area (Å²) in [6.07, 6.45) is 0.924. The predicted octanol–water partition coefficient (Wildman–Crippen LogP) is 2.32. The summed E-state index contributed by atoms with van der Waals surface area (Å²) in [5.74, 6) is 0.296. The SMILES string of the molecule is Cc1ccc(NC(=O)N(C)C)c(C(=O)N2CC(CN)CC2C)c1.Cl. The predicted molar refractivity (Wildman–Crippen MR) is 98.8 cm³/mol. The Morgan fingerprint density at radius 2 is 2.04 bits per heavy atom. The van der Waals surface area contributed by atoms with Crippen LogP contribution in [0.25, 0.3) is 0 Å². The molecule has 0 spiro atoms. The number of carbonyl (C=O) groups is 2. The van der Waals surface area contributed by atoms with Crippen LogP contribution in [0.5, 0.6) is 0 Å². The Balaban J connectivity index is 0.00000288. The number of benzene rings is 1. The average Bonchev–Trinajstić information content (AvgIpc) is 2.89. The highest BCUT2D eigenvalue weighted by Crippen LogP contribution is 2.27. The van der Waals surface area contributed by atoms with Crippen molar-refractivity contribution in [1.29, 1.82) is 0 Å². The maximum absolute atomic E-state index is 13.0. The van der Waals surface area contributed by atoms with E-state index >= 15 is 0 Å². The first-order chi connectivity index (χ1) is 10.8. The number of nitrogens with one attached hydrogen (secondary N) is 1. The van der Waals surface area contributed by atoms with Crippen LogP contribution in [-0.4, -0.2) is 55.0 Å². The summed E-state index contributed by atoms with van der Waals surface area (Å²) in [6.45, 7) is 5.24. The minimum atomic E-state index is -0.253. The third kappa shape index (κ3) is 4.39. The van der Waals surface area contributed by atoms with Gasteiger partial charge in [-0.05, 0) is 44.9 Å². The molecule has 3 N–H and O–H groups in total. The quantitative estimate of drug-likeness (QED) is 0.874. The van der Waals surface area contributed by atoms with Crippen molar-refractivity contribution in [2.45, 2.75) is 26.3 Å². The molecule has 0 aromatic heterocycles. The first kappa shape index (κ1) is 20.3. The number of rotatable bonds is 3. The van der Waals surface area contributed by atoms with Crippen LogP contribution >= 0.6 is 12.4 Å². The summed E-state index contributed by atoms with van der Waals surface area (Å²) in [6, 6.07) is 5.41. The fraction of sp³-hybridized carbons (Fsp3) is 0.529. The van der Waals surface area contributed by atoms with E-state index in [1.165, 1.54) is 4.90 Å². The molecule has 1 aliphatic rings. The molecule has 2 atom stereocenters. The molecular weight excluding hydrogens is 328 g/mol. The Hall–Kier alpha value is -1.79. The minimum Gasteiger partial charge on any atom is -0.336 e. The van der Waals surface area contributed by atoms with E-state index in [2.05, 4.69) is 5.32 Å². The van der Waals surface area contributed by atoms with Crippen molar-refractivity contribution in [3.05, 3.63) is 29.3 Å². The molecule has 3 amide bonds. The van der Waals surface area contributed by atoms with Crippen molar-refractivity contribution in [2.75, 3.05) is 32.5 Å². The number of carbonyl (C=O) groups excluding carboxylic acids is 2. The first-order valence-electron chi connectivity index (χ1n) is 7.93. The van der Waals surface area contributed by atoms with Gasteiger partial charge in [-0.1, -0.05) is 11.6 Å². The van der Waals surface area contributed by atoms with Gasteiger partial charge in [0.05, 0.1) is 11.3 Å². The summed E-state index contributed by atoms with van der Waals surface area (Å²) in [5, 5.41) is 2.80. The normalized spacial score (nSPS) is 19.6. The van der Waals surface area contributed by atoms with Gasteiger partial charge in [-0.25, -0.2) is 4.79 Å². The van der Waals surface area contributed by atoms with E-state index in [0.29, 0.717) is 30.3 Å². The van der Waals surface area contributed by atoms with Crippen molar-refractivity contribution in [3.63, 3.8) is 0 Å². The lowest BCUT2D eigenvalue weighted by Gasteiger charge is -2.24. The second-order valence-corrected chi connectivity index (χ2v) is 6.52. The van der Waals surface area contributed by atoms with Crippen molar-refractivity contribution < 1.29 is 9.59 Å². The van der Waals surface area contributed by atoms with Gasteiger partial charge in [0, 0.05) is 26.7 Å². The molecule has 0 aliphatic carbocycles. The fourth-order valence-corrected chi connectivity index (χ4v) is 2.92. The third-order valence-corrected chi connectivity index (χ3v) is 4.31. The smallest absolute Gasteiger partial charge is 0.321 e. The number of nitrogens with two attached hydrogens (primary N) is 1. The van der Waals surface area contributed by atoms with E-state index in [4.69, 9.17) is 5.73 Å². The highest BCUT2D eigenvalue weighted by atomic mass is 35.5. The number of likely N-dealkylation sites (tertiary alicyclic amines) is 1. The van der Waals surface area contributed by atoms with Gasteiger partial charge in [-0.3, -0.25) is 4.79 Å². The lowest BCUT2D eigenvalue weighted by atomic mass is 10.1. The molecule has 1 saturated heterocycles. The average molecular weight is 355 g/mol. The Bertz CT molecular complexity index is 606. The zero-order valence-corrected chi connectivity index (χ0v) is 15.5. The number of urea groups is 1. The Kier molecular flexibility index (Phi) is 7.05. The maximum Gasteiger partial charge on any atom is 0.321 e. The van der Waals surface area contributed by atoms with Crippen molar-refractivity contribution in [1.82, 2.24) is 9.80 Å². The van der Waals surface area contributed by atoms with Crippen LogP contribution in [-0.2, 0) is 0 Å². The standard InChI is InChI=1S/C17H26N4O2.ClH/c1-11-5-6-15(19-17(23)20(3)4)14(7-11)16(22)21-10-13(9-18)8-12(21)2;/h5-7,12-13H,8-10,18H2,1-4H3,(H,19,23);1H. The molecule has 2 rings (SSSR count). The van der Waals surface area contributed by atoms with Crippen LogP contribution in [0.15, 0.2) is 18.2 Å². The Morgan fingerprint density at radius 1 is 1.38 bits per heavy atom. The van der Waals surface area contributed by atoms with Crippen molar-refractivity contribution in [3.8, 4) is 0 Å². The maximum atomic E-state index is 13.0. The van der Waals surface area contributed by atoms with Crippen LogP contribution in [0.1, 0.15) is 29.3 Å². The van der Waals surface area contributed by atoms with Crippen LogP contribution in [0.4, 0.5) is 10.5 Å². The summed E-state index contributed by atoms with van der Waals surface area (Å²) in [7, 11) is 3.33. The lowest BCUT2D eigenvalue weighted by Crippen LogP contribution is -2.35. The third-order valence-electron chi connectivity index (χ3n) is 4.31. The highest BCUT2D eigenvalue weighted by molar-refractivity contribution is 6.03. The van der Waals surface area contributed by atoms with Gasteiger partial charge >= 0.3 is 6.03 Å². The Labute approximate surface area is 149 Å². The molecule has 1 aliphatic heterocycles. The van der Waals surface area contributed by atoms with Crippen LogP contribution in [0.2, 0.25) is 0 Å². The zero-order valence-electron chi connectivity index (χ0n) is 14.7. The molecular formula is C17H27ClN4O2. The molecule has 1 heterocycles. The van der Waals surface area contributed by atoms with Crippen molar-refractivity contribution in [2.24, 2.45) is 11.7 Å². The van der Waals surface area contributed by atoms with Gasteiger partial charge in [0.2, 0.25) is 0 Å². The van der Waals surface area contributed by atoms with E-state index in [9.17, 15) is 9.59 Å². The second kappa shape index (κ2) is 8.35. The topological polar surface area (TPSA) is 78.7 Å². The fourth-order valence-electron chi connectivity index (χ4n) is 2.92. The van der Waals surface area contributed by atoms with Crippen LogP contribution < -0.4 is 11.1 Å². The second-order valence-electron chi connectivity index (χ2n) is 6.52. The zero-order chi connectivity index (χ0) is 17.1. The van der Waals surface area contributed by atoms with E-state index in [1.807, 2.05) is 30.9 Å².